The van der Waals surface area contributed by atoms with E-state index < -0.39 is 0 Å². The van der Waals surface area contributed by atoms with E-state index in [9.17, 15) is 0 Å². The fourth-order valence-electron chi connectivity index (χ4n) is 3.32. The summed E-state index contributed by atoms with van der Waals surface area (Å²) in [5, 5.41) is 9.28. The molecule has 0 aliphatic carbocycles. The molecule has 4 rings (SSSR count). The third kappa shape index (κ3) is 2.01. The largest absolute Gasteiger partial charge is 0.497 e. The summed E-state index contributed by atoms with van der Waals surface area (Å²) in [4.78, 5) is 3.59. The van der Waals surface area contributed by atoms with Crippen LogP contribution in [-0.4, -0.2) is 28.4 Å². The van der Waals surface area contributed by atoms with Gasteiger partial charge < -0.3 is 15.0 Å². The second-order valence-corrected chi connectivity index (χ2v) is 5.70. The number of aryl methyl sites for hydroxylation is 1. The molecule has 5 nitrogen and oxygen atoms in total. The smallest absolute Gasteiger partial charge is 0.119 e. The van der Waals surface area contributed by atoms with Crippen LogP contribution in [0.5, 0.6) is 5.75 Å². The highest BCUT2D eigenvalue weighted by Gasteiger charge is 2.26. The Morgan fingerprint density at radius 2 is 2.32 bits per heavy atom. The average Bonchev–Trinajstić information content (AvgIpc) is 3.18. The van der Waals surface area contributed by atoms with E-state index in [0.717, 1.165) is 25.3 Å². The molecule has 0 fully saturated rings. The zero-order valence-corrected chi connectivity index (χ0v) is 12.9. The number of benzene rings is 1. The van der Waals surface area contributed by atoms with E-state index in [2.05, 4.69) is 40.7 Å². The van der Waals surface area contributed by atoms with E-state index in [-0.39, 0.29) is 6.04 Å². The molecule has 0 saturated carbocycles. The molecule has 0 radical (unpaired) electrons. The highest BCUT2D eigenvalue weighted by molar-refractivity contribution is 5.86. The van der Waals surface area contributed by atoms with Gasteiger partial charge in [-0.1, -0.05) is 0 Å². The number of hydrogen-bond donors (Lipinski definition) is 2. The van der Waals surface area contributed by atoms with Crippen LogP contribution in [0, 0.1) is 0 Å². The maximum Gasteiger partial charge on any atom is 0.119 e. The van der Waals surface area contributed by atoms with Gasteiger partial charge in [-0.3, -0.25) is 4.68 Å². The second-order valence-electron chi connectivity index (χ2n) is 5.70. The van der Waals surface area contributed by atoms with Crippen LogP contribution in [0.2, 0.25) is 0 Å². The fourth-order valence-corrected chi connectivity index (χ4v) is 3.32. The van der Waals surface area contributed by atoms with Gasteiger partial charge in [0, 0.05) is 41.4 Å². The quantitative estimate of drug-likeness (QED) is 0.781. The Kier molecular flexibility index (Phi) is 3.15. The Hall–Kier alpha value is -2.27. The summed E-state index contributed by atoms with van der Waals surface area (Å²) in [7, 11) is 1.71. The molecule has 0 saturated heterocycles. The van der Waals surface area contributed by atoms with Crippen LogP contribution in [0.1, 0.15) is 29.8 Å². The molecule has 0 amide bonds. The highest BCUT2D eigenvalue weighted by atomic mass is 16.5. The lowest BCUT2D eigenvalue weighted by molar-refractivity contribution is 0.415. The van der Waals surface area contributed by atoms with Gasteiger partial charge in [-0.25, -0.2) is 0 Å². The van der Waals surface area contributed by atoms with E-state index in [1.807, 2.05) is 16.9 Å². The van der Waals surface area contributed by atoms with Crippen LogP contribution in [0.25, 0.3) is 10.9 Å². The Labute approximate surface area is 129 Å². The van der Waals surface area contributed by atoms with Gasteiger partial charge in [-0.2, -0.15) is 5.10 Å². The molecular formula is C17H20N4O. The van der Waals surface area contributed by atoms with E-state index in [4.69, 9.17) is 4.74 Å². The molecule has 114 valence electrons. The van der Waals surface area contributed by atoms with Crippen molar-refractivity contribution in [2.24, 2.45) is 0 Å². The minimum absolute atomic E-state index is 0.183. The number of methoxy groups -OCH3 is 1. The van der Waals surface area contributed by atoms with Gasteiger partial charge in [0.2, 0.25) is 0 Å². The minimum atomic E-state index is 0.183. The summed E-state index contributed by atoms with van der Waals surface area (Å²) in [5.74, 6) is 0.906. The monoisotopic (exact) mass is 296 g/mol. The highest BCUT2D eigenvalue weighted by Crippen LogP contribution is 2.34. The van der Waals surface area contributed by atoms with Crippen molar-refractivity contribution < 1.29 is 4.74 Å². The lowest BCUT2D eigenvalue weighted by Crippen LogP contribution is -2.30. The number of aromatic nitrogens is 3. The molecule has 3 heterocycles. The van der Waals surface area contributed by atoms with E-state index in [0.29, 0.717) is 0 Å². The third-order valence-corrected chi connectivity index (χ3v) is 4.47. The molecule has 1 aliphatic heterocycles. The minimum Gasteiger partial charge on any atom is -0.497 e. The van der Waals surface area contributed by atoms with Crippen molar-refractivity contribution in [1.29, 1.82) is 0 Å². The van der Waals surface area contributed by atoms with Gasteiger partial charge in [0.25, 0.3) is 0 Å². The standard InChI is InChI=1S/C17H20N4O/c1-3-21-10-11(9-19-21)16-17-13(6-7-18-16)14-8-12(22-2)4-5-15(14)20-17/h4-5,8-10,16,18,20H,3,6-7H2,1-2H3. The van der Waals surface area contributed by atoms with Crippen LogP contribution in [0.4, 0.5) is 0 Å². The maximum absolute atomic E-state index is 5.37. The third-order valence-electron chi connectivity index (χ3n) is 4.47. The van der Waals surface area contributed by atoms with Crippen LogP contribution < -0.4 is 10.1 Å². The molecule has 1 aliphatic rings. The number of H-pyrrole nitrogens is 1. The van der Waals surface area contributed by atoms with Gasteiger partial charge in [-0.05, 0) is 37.1 Å². The Morgan fingerprint density at radius 1 is 1.41 bits per heavy atom. The summed E-state index contributed by atoms with van der Waals surface area (Å²) in [6, 6.07) is 6.41. The first-order valence-electron chi connectivity index (χ1n) is 7.74. The lowest BCUT2D eigenvalue weighted by Gasteiger charge is -2.23. The predicted octanol–water partition coefficient (Wildman–Crippen LogP) is 2.63. The molecule has 0 spiro atoms. The summed E-state index contributed by atoms with van der Waals surface area (Å²) in [5.41, 5.74) is 5.02. The molecule has 1 unspecified atom stereocenters. The van der Waals surface area contributed by atoms with Crippen LogP contribution in [-0.2, 0) is 13.0 Å². The van der Waals surface area contributed by atoms with Gasteiger partial charge in [0.15, 0.2) is 0 Å². The van der Waals surface area contributed by atoms with Crippen molar-refractivity contribution >= 4 is 10.9 Å². The van der Waals surface area contributed by atoms with Crippen molar-refractivity contribution in [2.75, 3.05) is 13.7 Å². The molecule has 5 heteroatoms. The number of ether oxygens (including phenoxy) is 1. The Bertz CT molecular complexity index is 817. The van der Waals surface area contributed by atoms with E-state index in [1.165, 1.54) is 27.7 Å². The molecule has 2 aromatic heterocycles. The van der Waals surface area contributed by atoms with E-state index >= 15 is 0 Å². The van der Waals surface area contributed by atoms with Crippen LogP contribution in [0.3, 0.4) is 0 Å². The molecular weight excluding hydrogens is 276 g/mol. The van der Waals surface area contributed by atoms with E-state index in [1.54, 1.807) is 7.11 Å². The van der Waals surface area contributed by atoms with Crippen molar-refractivity contribution in [3.8, 4) is 5.75 Å². The van der Waals surface area contributed by atoms with Crippen LogP contribution in [0.15, 0.2) is 30.6 Å². The van der Waals surface area contributed by atoms with Crippen molar-refractivity contribution in [1.82, 2.24) is 20.1 Å². The van der Waals surface area contributed by atoms with Gasteiger partial charge in [0.05, 0.1) is 19.3 Å². The summed E-state index contributed by atoms with van der Waals surface area (Å²) < 4.78 is 7.34. The van der Waals surface area contributed by atoms with Crippen molar-refractivity contribution in [2.45, 2.75) is 25.9 Å². The average molecular weight is 296 g/mol. The number of fused-ring (bicyclic) bond motifs is 3. The Balaban J connectivity index is 1.83. The molecule has 2 N–H and O–H groups in total. The SMILES string of the molecule is CCn1cc(C2NCCc3c2[nH]c2ccc(OC)cc32)cn1. The van der Waals surface area contributed by atoms with Crippen molar-refractivity contribution in [3.05, 3.63) is 47.4 Å². The number of nitrogens with zero attached hydrogens (tertiary/aromatic N) is 2. The lowest BCUT2D eigenvalue weighted by atomic mass is 9.96. The molecule has 22 heavy (non-hydrogen) atoms. The zero-order valence-electron chi connectivity index (χ0n) is 12.9. The fraction of sp³-hybridized carbons (Fsp3) is 0.353. The second kappa shape index (κ2) is 5.18. The van der Waals surface area contributed by atoms with Gasteiger partial charge >= 0.3 is 0 Å². The first-order chi connectivity index (χ1) is 10.8. The summed E-state index contributed by atoms with van der Waals surface area (Å²) in [6.07, 6.45) is 5.11. The molecule has 1 aromatic carbocycles. The summed E-state index contributed by atoms with van der Waals surface area (Å²) >= 11 is 0. The van der Waals surface area contributed by atoms with Gasteiger partial charge in [0.1, 0.15) is 5.75 Å². The first-order valence-corrected chi connectivity index (χ1v) is 7.74. The Morgan fingerprint density at radius 3 is 3.09 bits per heavy atom. The normalized spacial score (nSPS) is 17.6. The topological polar surface area (TPSA) is 54.9 Å². The molecule has 0 bridgehead atoms. The maximum atomic E-state index is 5.37. The molecule has 1 atom stereocenters. The predicted molar refractivity (Wildman–Crippen MR) is 86.3 cm³/mol. The number of aromatic amines is 1. The van der Waals surface area contributed by atoms with Crippen LogP contribution >= 0.6 is 0 Å². The zero-order chi connectivity index (χ0) is 15.1. The number of hydrogen-bond acceptors (Lipinski definition) is 3. The summed E-state index contributed by atoms with van der Waals surface area (Å²) in [6.45, 7) is 3.97. The van der Waals surface area contributed by atoms with Gasteiger partial charge in [-0.15, -0.1) is 0 Å². The number of rotatable bonds is 3. The van der Waals surface area contributed by atoms with Crippen molar-refractivity contribution in [3.63, 3.8) is 0 Å². The number of nitrogens with one attached hydrogen (secondary N) is 2. The first kappa shape index (κ1) is 13.4. The molecule has 3 aromatic rings.